The minimum Gasteiger partial charge on any atom is -0.457 e. The molecule has 1 fully saturated rings. The van der Waals surface area contributed by atoms with Crippen LogP contribution in [-0.2, 0) is 0 Å². The number of benzene rings is 3. The molecular formula is C26H27N3OS. The maximum Gasteiger partial charge on any atom is 0.173 e. The molecule has 3 aromatic rings. The van der Waals surface area contributed by atoms with Crippen molar-refractivity contribution in [2.24, 2.45) is 0 Å². The molecule has 158 valence electrons. The third-order valence-electron chi connectivity index (χ3n) is 5.22. The fourth-order valence-electron chi connectivity index (χ4n) is 3.47. The Kier molecular flexibility index (Phi) is 7.32. The molecule has 1 saturated heterocycles. The number of thiocarbonyl (C=S) groups is 1. The molecule has 0 radical (unpaired) electrons. The second-order valence-electron chi connectivity index (χ2n) is 7.47. The molecule has 1 N–H and O–H groups in total. The van der Waals surface area contributed by atoms with E-state index >= 15 is 0 Å². The Bertz CT molecular complexity index is 982. The Labute approximate surface area is 189 Å². The predicted octanol–water partition coefficient (Wildman–Crippen LogP) is 5.51. The molecule has 0 aliphatic carbocycles. The topological polar surface area (TPSA) is 27.7 Å². The van der Waals surface area contributed by atoms with Crippen molar-refractivity contribution in [1.82, 2.24) is 9.80 Å². The molecule has 0 unspecified atom stereocenters. The summed E-state index contributed by atoms with van der Waals surface area (Å²) in [5.41, 5.74) is 2.21. The zero-order valence-electron chi connectivity index (χ0n) is 17.5. The molecule has 1 aliphatic rings. The van der Waals surface area contributed by atoms with Gasteiger partial charge in [0.2, 0.25) is 0 Å². The SMILES string of the molecule is S=C(Nc1ccc(Oc2ccccc2)cc1)N1CCN(CC=Cc2ccccc2)CC1. The first kappa shape index (κ1) is 21.1. The van der Waals surface area contributed by atoms with Gasteiger partial charge in [0.05, 0.1) is 0 Å². The van der Waals surface area contributed by atoms with Gasteiger partial charge in [0.1, 0.15) is 11.5 Å². The van der Waals surface area contributed by atoms with Crippen molar-refractivity contribution >= 4 is 29.1 Å². The zero-order chi connectivity index (χ0) is 21.3. The molecule has 0 atom stereocenters. The number of rotatable bonds is 6. The zero-order valence-corrected chi connectivity index (χ0v) is 18.3. The summed E-state index contributed by atoms with van der Waals surface area (Å²) in [7, 11) is 0. The lowest BCUT2D eigenvalue weighted by molar-refractivity contribution is 0.200. The Morgan fingerprint density at radius 2 is 1.42 bits per heavy atom. The van der Waals surface area contributed by atoms with E-state index in [1.165, 1.54) is 5.56 Å². The van der Waals surface area contributed by atoms with E-state index in [9.17, 15) is 0 Å². The van der Waals surface area contributed by atoms with Crippen molar-refractivity contribution in [2.45, 2.75) is 0 Å². The highest BCUT2D eigenvalue weighted by Crippen LogP contribution is 2.22. The van der Waals surface area contributed by atoms with Crippen LogP contribution in [0.5, 0.6) is 11.5 Å². The Morgan fingerprint density at radius 3 is 2.10 bits per heavy atom. The van der Waals surface area contributed by atoms with E-state index in [-0.39, 0.29) is 0 Å². The largest absolute Gasteiger partial charge is 0.457 e. The Morgan fingerprint density at radius 1 is 0.806 bits per heavy atom. The minimum atomic E-state index is 0.774. The summed E-state index contributed by atoms with van der Waals surface area (Å²) < 4.78 is 5.84. The molecule has 5 heteroatoms. The van der Waals surface area contributed by atoms with Crippen LogP contribution in [0.2, 0.25) is 0 Å². The maximum absolute atomic E-state index is 5.84. The lowest BCUT2D eigenvalue weighted by Gasteiger charge is -2.35. The maximum atomic E-state index is 5.84. The van der Waals surface area contributed by atoms with E-state index in [2.05, 4.69) is 51.5 Å². The quantitative estimate of drug-likeness (QED) is 0.522. The molecule has 0 spiro atoms. The predicted molar refractivity (Wildman–Crippen MR) is 133 cm³/mol. The third-order valence-corrected chi connectivity index (χ3v) is 5.58. The number of hydrogen-bond acceptors (Lipinski definition) is 3. The first-order valence-electron chi connectivity index (χ1n) is 10.6. The van der Waals surface area contributed by atoms with Crippen LogP contribution in [0, 0.1) is 0 Å². The van der Waals surface area contributed by atoms with Gasteiger partial charge in [0, 0.05) is 38.4 Å². The molecule has 4 nitrogen and oxygen atoms in total. The number of hydrogen-bond donors (Lipinski definition) is 1. The minimum absolute atomic E-state index is 0.774. The van der Waals surface area contributed by atoms with Crippen molar-refractivity contribution in [2.75, 3.05) is 38.0 Å². The second-order valence-corrected chi connectivity index (χ2v) is 7.86. The van der Waals surface area contributed by atoms with Crippen LogP contribution in [0.4, 0.5) is 5.69 Å². The van der Waals surface area contributed by atoms with Crippen molar-refractivity contribution < 1.29 is 4.74 Å². The van der Waals surface area contributed by atoms with E-state index < -0.39 is 0 Å². The monoisotopic (exact) mass is 429 g/mol. The lowest BCUT2D eigenvalue weighted by Crippen LogP contribution is -2.49. The normalized spacial score (nSPS) is 14.5. The van der Waals surface area contributed by atoms with Crippen LogP contribution in [0.3, 0.4) is 0 Å². The van der Waals surface area contributed by atoms with E-state index in [0.29, 0.717) is 0 Å². The number of piperazine rings is 1. The summed E-state index contributed by atoms with van der Waals surface area (Å²) in [5.74, 6) is 1.63. The van der Waals surface area contributed by atoms with E-state index in [1.54, 1.807) is 0 Å². The van der Waals surface area contributed by atoms with Gasteiger partial charge >= 0.3 is 0 Å². The highest BCUT2D eigenvalue weighted by Gasteiger charge is 2.18. The first-order chi connectivity index (χ1) is 15.3. The highest BCUT2D eigenvalue weighted by molar-refractivity contribution is 7.80. The van der Waals surface area contributed by atoms with Gasteiger partial charge in [-0.3, -0.25) is 4.90 Å². The highest BCUT2D eigenvalue weighted by atomic mass is 32.1. The van der Waals surface area contributed by atoms with Crippen molar-refractivity contribution in [3.63, 3.8) is 0 Å². The fraction of sp³-hybridized carbons (Fsp3) is 0.192. The molecule has 31 heavy (non-hydrogen) atoms. The Balaban J connectivity index is 1.21. The van der Waals surface area contributed by atoms with Crippen molar-refractivity contribution in [3.8, 4) is 11.5 Å². The van der Waals surface area contributed by atoms with Gasteiger partial charge in [0.15, 0.2) is 5.11 Å². The molecule has 0 aromatic heterocycles. The number of ether oxygens (including phenoxy) is 1. The average Bonchev–Trinajstić information content (AvgIpc) is 2.82. The number of nitrogens with one attached hydrogen (secondary N) is 1. The summed E-state index contributed by atoms with van der Waals surface area (Å²) in [5, 5.41) is 4.13. The Hall–Kier alpha value is -3.15. The van der Waals surface area contributed by atoms with Gasteiger partial charge in [-0.15, -0.1) is 0 Å². The van der Waals surface area contributed by atoms with Crippen LogP contribution in [-0.4, -0.2) is 47.6 Å². The summed E-state index contributed by atoms with van der Waals surface area (Å²) in [6, 6.07) is 28.1. The van der Waals surface area contributed by atoms with E-state index in [4.69, 9.17) is 17.0 Å². The fourth-order valence-corrected chi connectivity index (χ4v) is 3.77. The summed E-state index contributed by atoms with van der Waals surface area (Å²) in [6.45, 7) is 4.84. The molecular weight excluding hydrogens is 402 g/mol. The van der Waals surface area contributed by atoms with Gasteiger partial charge in [-0.25, -0.2) is 0 Å². The standard InChI is InChI=1S/C26H27N3OS/c31-26(27-23-13-15-25(16-14-23)30-24-11-5-2-6-12-24)29-20-18-28(19-21-29)17-7-10-22-8-3-1-4-9-22/h1-16H,17-21H2,(H,27,31). The van der Waals surface area contributed by atoms with Crippen LogP contribution < -0.4 is 10.1 Å². The van der Waals surface area contributed by atoms with Crippen LogP contribution in [0.15, 0.2) is 91.0 Å². The van der Waals surface area contributed by atoms with E-state index in [0.717, 1.165) is 55.0 Å². The van der Waals surface area contributed by atoms with Crippen molar-refractivity contribution in [3.05, 3.63) is 96.6 Å². The molecule has 0 amide bonds. The second kappa shape index (κ2) is 10.8. The molecule has 4 rings (SSSR count). The average molecular weight is 430 g/mol. The van der Waals surface area contributed by atoms with Gasteiger partial charge < -0.3 is 15.0 Å². The van der Waals surface area contributed by atoms with Gasteiger partial charge in [0.25, 0.3) is 0 Å². The molecule has 0 saturated carbocycles. The summed E-state index contributed by atoms with van der Waals surface area (Å²) >= 11 is 5.63. The number of anilines is 1. The van der Waals surface area contributed by atoms with E-state index in [1.807, 2.05) is 60.7 Å². The van der Waals surface area contributed by atoms with Gasteiger partial charge in [-0.2, -0.15) is 0 Å². The molecule has 0 bridgehead atoms. The van der Waals surface area contributed by atoms with Gasteiger partial charge in [-0.1, -0.05) is 60.7 Å². The summed E-state index contributed by atoms with van der Waals surface area (Å²) in [6.07, 6.45) is 4.42. The van der Waals surface area contributed by atoms with Crippen LogP contribution in [0.25, 0.3) is 6.08 Å². The number of para-hydroxylation sites is 1. The first-order valence-corrected chi connectivity index (χ1v) is 11.0. The molecule has 1 aliphatic heterocycles. The molecule has 3 aromatic carbocycles. The van der Waals surface area contributed by atoms with Crippen LogP contribution >= 0.6 is 12.2 Å². The smallest absolute Gasteiger partial charge is 0.173 e. The summed E-state index contributed by atoms with van der Waals surface area (Å²) in [4.78, 5) is 4.69. The van der Waals surface area contributed by atoms with Crippen LogP contribution in [0.1, 0.15) is 5.56 Å². The van der Waals surface area contributed by atoms with Gasteiger partial charge in [-0.05, 0) is 54.2 Å². The van der Waals surface area contributed by atoms with Crippen molar-refractivity contribution in [1.29, 1.82) is 0 Å². The number of nitrogens with zero attached hydrogens (tertiary/aromatic N) is 2. The third kappa shape index (κ3) is 6.41. The molecule has 1 heterocycles. The lowest BCUT2D eigenvalue weighted by atomic mass is 10.2.